The first-order valence-electron chi connectivity index (χ1n) is 11.4. The molecule has 0 unspecified atom stereocenters. The van der Waals surface area contributed by atoms with Crippen LogP contribution in [0, 0.1) is 5.95 Å². The lowest BCUT2D eigenvalue weighted by atomic mass is 10.0. The molecule has 1 aliphatic heterocycles. The van der Waals surface area contributed by atoms with Crippen LogP contribution in [0.25, 0.3) is 33.3 Å². The van der Waals surface area contributed by atoms with Crippen molar-refractivity contribution in [2.24, 2.45) is 0 Å². The molecule has 5 aromatic rings. The van der Waals surface area contributed by atoms with E-state index in [0.29, 0.717) is 5.95 Å². The maximum absolute atomic E-state index is 13.5. The number of ether oxygens (including phenoxy) is 1. The SMILES string of the molecule is COc1ccc2c(-c3nc(Nc4ccc5c(c4)CCNC5)ncc3-c3ccc(F)nc3)c[nH]c2c1. The van der Waals surface area contributed by atoms with E-state index in [2.05, 4.69) is 37.7 Å². The minimum Gasteiger partial charge on any atom is -0.497 e. The Morgan fingerprint density at radius 1 is 0.971 bits per heavy atom. The van der Waals surface area contributed by atoms with E-state index >= 15 is 0 Å². The van der Waals surface area contributed by atoms with Crippen LogP contribution in [0.2, 0.25) is 0 Å². The van der Waals surface area contributed by atoms with Gasteiger partial charge >= 0.3 is 0 Å². The molecule has 3 aromatic heterocycles. The van der Waals surface area contributed by atoms with Gasteiger partial charge in [0.1, 0.15) is 5.75 Å². The van der Waals surface area contributed by atoms with Crippen molar-refractivity contribution in [2.75, 3.05) is 19.0 Å². The van der Waals surface area contributed by atoms with Crippen molar-refractivity contribution in [2.45, 2.75) is 13.0 Å². The van der Waals surface area contributed by atoms with Gasteiger partial charge in [-0.05, 0) is 60.5 Å². The predicted molar refractivity (Wildman–Crippen MR) is 134 cm³/mol. The summed E-state index contributed by atoms with van der Waals surface area (Å²) in [4.78, 5) is 16.6. The Morgan fingerprint density at radius 2 is 1.91 bits per heavy atom. The number of rotatable bonds is 5. The number of aromatic amines is 1. The molecule has 0 fully saturated rings. The highest BCUT2D eigenvalue weighted by atomic mass is 19.1. The van der Waals surface area contributed by atoms with E-state index in [1.54, 1.807) is 19.4 Å². The first kappa shape index (κ1) is 21.2. The van der Waals surface area contributed by atoms with Crippen molar-refractivity contribution in [3.05, 3.63) is 84.2 Å². The van der Waals surface area contributed by atoms with Crippen molar-refractivity contribution in [3.8, 4) is 28.1 Å². The number of H-pyrrole nitrogens is 1. The summed E-state index contributed by atoms with van der Waals surface area (Å²) in [6.45, 7) is 1.87. The molecule has 4 heterocycles. The maximum atomic E-state index is 13.5. The fourth-order valence-electron chi connectivity index (χ4n) is 4.51. The summed E-state index contributed by atoms with van der Waals surface area (Å²) < 4.78 is 18.9. The average Bonchev–Trinajstić information content (AvgIpc) is 3.32. The summed E-state index contributed by atoms with van der Waals surface area (Å²) in [5, 5.41) is 7.75. The molecule has 0 spiro atoms. The van der Waals surface area contributed by atoms with Crippen LogP contribution in [0.3, 0.4) is 0 Å². The van der Waals surface area contributed by atoms with Crippen LogP contribution in [0.4, 0.5) is 16.0 Å². The third-order valence-corrected chi connectivity index (χ3v) is 6.32. The van der Waals surface area contributed by atoms with E-state index in [1.165, 1.54) is 23.4 Å². The topological polar surface area (TPSA) is 87.8 Å². The van der Waals surface area contributed by atoms with Gasteiger partial charge in [0, 0.05) is 64.5 Å². The first-order chi connectivity index (χ1) is 17.2. The summed E-state index contributed by atoms with van der Waals surface area (Å²) in [5.74, 6) is 0.716. The van der Waals surface area contributed by atoms with Crippen LogP contribution in [-0.2, 0) is 13.0 Å². The van der Waals surface area contributed by atoms with Crippen molar-refractivity contribution in [1.82, 2.24) is 25.3 Å². The van der Waals surface area contributed by atoms with Crippen LogP contribution >= 0.6 is 0 Å². The number of fused-ring (bicyclic) bond motifs is 2. The zero-order chi connectivity index (χ0) is 23.8. The Hall–Kier alpha value is -4.30. The summed E-state index contributed by atoms with van der Waals surface area (Å²) in [6.07, 6.45) is 6.17. The highest BCUT2D eigenvalue weighted by molar-refractivity contribution is 5.99. The molecule has 3 N–H and O–H groups in total. The van der Waals surface area contributed by atoms with Gasteiger partial charge in [0.2, 0.25) is 11.9 Å². The number of hydrogen-bond acceptors (Lipinski definition) is 6. The Balaban J connectivity index is 1.45. The average molecular weight is 467 g/mol. The molecule has 2 aromatic carbocycles. The number of nitrogens with zero attached hydrogens (tertiary/aromatic N) is 3. The van der Waals surface area contributed by atoms with Gasteiger partial charge in [-0.2, -0.15) is 4.39 Å². The van der Waals surface area contributed by atoms with E-state index < -0.39 is 5.95 Å². The van der Waals surface area contributed by atoms with Crippen molar-refractivity contribution in [1.29, 1.82) is 0 Å². The van der Waals surface area contributed by atoms with Gasteiger partial charge in [-0.3, -0.25) is 0 Å². The van der Waals surface area contributed by atoms with Crippen LogP contribution in [0.5, 0.6) is 5.75 Å². The fourth-order valence-corrected chi connectivity index (χ4v) is 4.51. The maximum Gasteiger partial charge on any atom is 0.227 e. The quantitative estimate of drug-likeness (QED) is 0.308. The summed E-state index contributed by atoms with van der Waals surface area (Å²) >= 11 is 0. The van der Waals surface area contributed by atoms with Gasteiger partial charge in [-0.1, -0.05) is 6.07 Å². The van der Waals surface area contributed by atoms with E-state index in [4.69, 9.17) is 9.72 Å². The van der Waals surface area contributed by atoms with Gasteiger partial charge in [-0.15, -0.1) is 0 Å². The third kappa shape index (κ3) is 4.08. The molecular formula is C27H23FN6O. The Bertz CT molecular complexity index is 1530. The second-order valence-corrected chi connectivity index (χ2v) is 8.47. The number of halogens is 1. The van der Waals surface area contributed by atoms with Crippen molar-refractivity contribution >= 4 is 22.5 Å². The summed E-state index contributed by atoms with van der Waals surface area (Å²) in [7, 11) is 1.64. The van der Waals surface area contributed by atoms with Crippen LogP contribution < -0.4 is 15.4 Å². The van der Waals surface area contributed by atoms with E-state index in [0.717, 1.165) is 64.2 Å². The zero-order valence-electron chi connectivity index (χ0n) is 19.1. The zero-order valence-corrected chi connectivity index (χ0v) is 19.1. The molecule has 0 amide bonds. The highest BCUT2D eigenvalue weighted by Crippen LogP contribution is 2.36. The molecule has 1 aliphatic rings. The second-order valence-electron chi connectivity index (χ2n) is 8.47. The molecule has 0 aliphatic carbocycles. The predicted octanol–water partition coefficient (Wildman–Crippen LogP) is 5.22. The second kappa shape index (κ2) is 8.81. The molecule has 0 saturated heterocycles. The number of methoxy groups -OCH3 is 1. The van der Waals surface area contributed by atoms with Gasteiger partial charge in [0.15, 0.2) is 0 Å². The molecule has 6 rings (SSSR count). The summed E-state index contributed by atoms with van der Waals surface area (Å²) in [6, 6.07) is 15.2. The molecule has 0 bridgehead atoms. The Labute approximate surface area is 201 Å². The van der Waals surface area contributed by atoms with Crippen molar-refractivity contribution in [3.63, 3.8) is 0 Å². The number of nitrogens with one attached hydrogen (secondary N) is 3. The van der Waals surface area contributed by atoms with Crippen LogP contribution in [0.1, 0.15) is 11.1 Å². The molecule has 0 saturated carbocycles. The van der Waals surface area contributed by atoms with Gasteiger partial charge in [-0.25, -0.2) is 15.0 Å². The molecule has 0 atom stereocenters. The number of benzene rings is 2. The lowest BCUT2D eigenvalue weighted by molar-refractivity contribution is 0.415. The normalized spacial score (nSPS) is 13.0. The molecule has 0 radical (unpaired) electrons. The number of aromatic nitrogens is 4. The minimum atomic E-state index is -0.531. The Morgan fingerprint density at radius 3 is 2.77 bits per heavy atom. The largest absolute Gasteiger partial charge is 0.497 e. The molecule has 7 nitrogen and oxygen atoms in total. The van der Waals surface area contributed by atoms with Crippen molar-refractivity contribution < 1.29 is 9.13 Å². The summed E-state index contributed by atoms with van der Waals surface area (Å²) in [5.41, 5.74) is 7.63. The third-order valence-electron chi connectivity index (χ3n) is 6.32. The fraction of sp³-hybridized carbons (Fsp3) is 0.148. The minimum absolute atomic E-state index is 0.482. The van der Waals surface area contributed by atoms with E-state index in [1.807, 2.05) is 30.5 Å². The van der Waals surface area contributed by atoms with Crippen LogP contribution in [0.15, 0.2) is 67.1 Å². The van der Waals surface area contributed by atoms with Crippen LogP contribution in [-0.4, -0.2) is 33.6 Å². The molecular weight excluding hydrogens is 443 g/mol. The molecule has 8 heteroatoms. The van der Waals surface area contributed by atoms with Gasteiger partial charge in [0.05, 0.1) is 12.8 Å². The smallest absolute Gasteiger partial charge is 0.227 e. The number of pyridine rings is 1. The number of hydrogen-bond donors (Lipinski definition) is 3. The van der Waals surface area contributed by atoms with Gasteiger partial charge < -0.3 is 20.4 Å². The first-order valence-corrected chi connectivity index (χ1v) is 11.4. The standard InChI is InChI=1S/C27H23FN6O/c1-35-20-5-6-21-23(15-30-24(21)11-20)26-22(18-3-7-25(28)31-13-18)14-32-27(34-26)33-19-4-2-17-12-29-9-8-16(17)10-19/h2-7,10-11,13-15,29-30H,8-9,12H2,1H3,(H,32,33,34). The monoisotopic (exact) mass is 466 g/mol. The lowest BCUT2D eigenvalue weighted by Gasteiger charge is -2.18. The molecule has 174 valence electrons. The Kier molecular flexibility index (Phi) is 5.35. The number of anilines is 2. The lowest BCUT2D eigenvalue weighted by Crippen LogP contribution is -2.23. The van der Waals surface area contributed by atoms with E-state index in [9.17, 15) is 4.39 Å². The van der Waals surface area contributed by atoms with E-state index in [-0.39, 0.29) is 0 Å². The van der Waals surface area contributed by atoms with Gasteiger partial charge in [0.25, 0.3) is 0 Å². The highest BCUT2D eigenvalue weighted by Gasteiger charge is 2.17. The molecule has 35 heavy (non-hydrogen) atoms.